The molecule has 0 aliphatic heterocycles. The molecule has 0 saturated carbocycles. The van der Waals surface area contributed by atoms with Crippen molar-refractivity contribution in [2.24, 2.45) is 0 Å². The van der Waals surface area contributed by atoms with Gasteiger partial charge in [-0.1, -0.05) is 18.2 Å². The lowest BCUT2D eigenvalue weighted by Gasteiger charge is -1.99. The molecule has 1 aromatic rings. The van der Waals surface area contributed by atoms with E-state index in [-0.39, 0.29) is 11.7 Å². The number of hydrogen-bond acceptors (Lipinski definition) is 2. The Morgan fingerprint density at radius 2 is 1.80 bits per heavy atom. The molecule has 0 atom stereocenters. The predicted octanol–water partition coefficient (Wildman–Crippen LogP) is 1.65. The first-order valence-electron chi connectivity index (χ1n) is 4.64. The molecule has 0 aliphatic rings. The van der Waals surface area contributed by atoms with Gasteiger partial charge in [0.1, 0.15) is 0 Å². The normalized spacial score (nSPS) is 10.3. The van der Waals surface area contributed by atoms with Crippen LogP contribution in [0, 0.1) is 0 Å². The molecule has 0 unspecified atom stereocenters. The summed E-state index contributed by atoms with van der Waals surface area (Å²) in [4.78, 5) is 21.9. The maximum Gasteiger partial charge on any atom is 0.251 e. The number of carbonyl (C=O) groups is 2. The SMILES string of the molecule is CNC(=O)c1ccc(/C=C/C(C)=O)cc1. The van der Waals surface area contributed by atoms with Crippen molar-refractivity contribution in [3.05, 3.63) is 41.5 Å². The van der Waals surface area contributed by atoms with Gasteiger partial charge >= 0.3 is 0 Å². The summed E-state index contributed by atoms with van der Waals surface area (Å²) >= 11 is 0. The van der Waals surface area contributed by atoms with Crippen LogP contribution in [0.25, 0.3) is 6.08 Å². The summed E-state index contributed by atoms with van der Waals surface area (Å²) in [5.41, 5.74) is 1.51. The van der Waals surface area contributed by atoms with E-state index >= 15 is 0 Å². The second-order valence-electron chi connectivity index (χ2n) is 3.15. The summed E-state index contributed by atoms with van der Waals surface area (Å²) in [6.45, 7) is 1.50. The third kappa shape index (κ3) is 3.38. The molecule has 0 aromatic heterocycles. The monoisotopic (exact) mass is 203 g/mol. The zero-order chi connectivity index (χ0) is 11.3. The van der Waals surface area contributed by atoms with Crippen LogP contribution in [0.4, 0.5) is 0 Å². The van der Waals surface area contributed by atoms with Gasteiger partial charge in [-0.3, -0.25) is 9.59 Å². The highest BCUT2D eigenvalue weighted by Crippen LogP contribution is 2.06. The van der Waals surface area contributed by atoms with E-state index < -0.39 is 0 Å². The van der Waals surface area contributed by atoms with E-state index in [0.717, 1.165) is 5.56 Å². The molecule has 78 valence electrons. The Morgan fingerprint density at radius 3 is 2.27 bits per heavy atom. The van der Waals surface area contributed by atoms with Gasteiger partial charge < -0.3 is 5.32 Å². The van der Waals surface area contributed by atoms with Crippen molar-refractivity contribution in [2.45, 2.75) is 6.92 Å². The van der Waals surface area contributed by atoms with Crippen LogP contribution in [-0.2, 0) is 4.79 Å². The van der Waals surface area contributed by atoms with E-state index in [0.29, 0.717) is 5.56 Å². The number of benzene rings is 1. The molecular formula is C12H13NO2. The van der Waals surface area contributed by atoms with Gasteiger partial charge in [-0.2, -0.15) is 0 Å². The van der Waals surface area contributed by atoms with Crippen LogP contribution in [0.2, 0.25) is 0 Å². The number of hydrogen-bond donors (Lipinski definition) is 1. The van der Waals surface area contributed by atoms with E-state index in [1.165, 1.54) is 13.0 Å². The largest absolute Gasteiger partial charge is 0.355 e. The third-order valence-electron chi connectivity index (χ3n) is 1.91. The number of rotatable bonds is 3. The van der Waals surface area contributed by atoms with Crippen molar-refractivity contribution in [3.8, 4) is 0 Å². The topological polar surface area (TPSA) is 46.2 Å². The summed E-state index contributed by atoms with van der Waals surface area (Å²) in [5.74, 6) is -0.109. The molecule has 0 heterocycles. The fourth-order valence-electron chi connectivity index (χ4n) is 1.10. The van der Waals surface area contributed by atoms with Crippen LogP contribution < -0.4 is 5.32 Å². The Hall–Kier alpha value is -1.90. The highest BCUT2D eigenvalue weighted by molar-refractivity contribution is 5.94. The molecule has 0 spiro atoms. The van der Waals surface area contributed by atoms with Crippen LogP contribution in [0.5, 0.6) is 0 Å². The van der Waals surface area contributed by atoms with Crippen molar-refractivity contribution in [1.29, 1.82) is 0 Å². The zero-order valence-corrected chi connectivity index (χ0v) is 8.78. The lowest BCUT2D eigenvalue weighted by atomic mass is 10.1. The smallest absolute Gasteiger partial charge is 0.251 e. The first-order chi connectivity index (χ1) is 7.13. The van der Waals surface area contributed by atoms with Crippen LogP contribution in [0.15, 0.2) is 30.3 Å². The predicted molar refractivity (Wildman–Crippen MR) is 59.5 cm³/mol. The molecule has 15 heavy (non-hydrogen) atoms. The maximum absolute atomic E-state index is 11.2. The van der Waals surface area contributed by atoms with Crippen molar-refractivity contribution in [3.63, 3.8) is 0 Å². The number of nitrogens with one attached hydrogen (secondary N) is 1. The van der Waals surface area contributed by atoms with Gasteiger partial charge in [0.15, 0.2) is 5.78 Å². The Kier molecular flexibility index (Phi) is 3.80. The average Bonchev–Trinajstić information content (AvgIpc) is 2.26. The van der Waals surface area contributed by atoms with Gasteiger partial charge in [0.2, 0.25) is 0 Å². The molecule has 3 heteroatoms. The van der Waals surface area contributed by atoms with Gasteiger partial charge in [0, 0.05) is 12.6 Å². The van der Waals surface area contributed by atoms with E-state index in [4.69, 9.17) is 0 Å². The van der Waals surface area contributed by atoms with E-state index in [9.17, 15) is 9.59 Å². The molecule has 1 N–H and O–H groups in total. The molecule has 1 amide bonds. The van der Waals surface area contributed by atoms with Crippen molar-refractivity contribution in [2.75, 3.05) is 7.05 Å². The second-order valence-corrected chi connectivity index (χ2v) is 3.15. The van der Waals surface area contributed by atoms with E-state index in [1.807, 2.05) is 0 Å². The van der Waals surface area contributed by atoms with E-state index in [1.54, 1.807) is 37.4 Å². The highest BCUT2D eigenvalue weighted by atomic mass is 16.1. The zero-order valence-electron chi connectivity index (χ0n) is 8.78. The summed E-state index contributed by atoms with van der Waals surface area (Å²) in [6.07, 6.45) is 3.21. The quantitative estimate of drug-likeness (QED) is 0.759. The van der Waals surface area contributed by atoms with Crippen molar-refractivity contribution in [1.82, 2.24) is 5.32 Å². The first kappa shape index (κ1) is 11.2. The number of ketones is 1. The molecule has 3 nitrogen and oxygen atoms in total. The summed E-state index contributed by atoms with van der Waals surface area (Å²) in [6, 6.07) is 7.03. The average molecular weight is 203 g/mol. The fraction of sp³-hybridized carbons (Fsp3) is 0.167. The van der Waals surface area contributed by atoms with Gasteiger partial charge in [-0.15, -0.1) is 0 Å². The number of allylic oxidation sites excluding steroid dienone is 1. The molecule has 0 bridgehead atoms. The number of amides is 1. The van der Waals surface area contributed by atoms with Gasteiger partial charge in [0.05, 0.1) is 0 Å². The number of carbonyl (C=O) groups excluding carboxylic acids is 2. The first-order valence-corrected chi connectivity index (χ1v) is 4.64. The van der Waals surface area contributed by atoms with Crippen LogP contribution in [-0.4, -0.2) is 18.7 Å². The van der Waals surface area contributed by atoms with Crippen LogP contribution in [0.3, 0.4) is 0 Å². The minimum Gasteiger partial charge on any atom is -0.355 e. The molecule has 0 aliphatic carbocycles. The third-order valence-corrected chi connectivity index (χ3v) is 1.91. The highest BCUT2D eigenvalue weighted by Gasteiger charge is 2.00. The minimum absolute atomic E-state index is 0.00498. The van der Waals surface area contributed by atoms with Crippen LogP contribution in [0.1, 0.15) is 22.8 Å². The fourth-order valence-corrected chi connectivity index (χ4v) is 1.10. The summed E-state index contributed by atoms with van der Waals surface area (Å²) in [5, 5.41) is 2.54. The van der Waals surface area contributed by atoms with Crippen molar-refractivity contribution < 1.29 is 9.59 Å². The Labute approximate surface area is 88.8 Å². The molecule has 1 aromatic carbocycles. The van der Waals surface area contributed by atoms with Crippen molar-refractivity contribution >= 4 is 17.8 Å². The Bertz CT molecular complexity index is 391. The van der Waals surface area contributed by atoms with Gasteiger partial charge in [-0.05, 0) is 30.7 Å². The lowest BCUT2D eigenvalue weighted by Crippen LogP contribution is -2.17. The molecule has 0 radical (unpaired) electrons. The molecule has 1 rings (SSSR count). The standard InChI is InChI=1S/C12H13NO2/c1-9(14)3-4-10-5-7-11(8-6-10)12(15)13-2/h3-8H,1-2H3,(H,13,15)/b4-3+. The molecule has 0 saturated heterocycles. The summed E-state index contributed by atoms with van der Waals surface area (Å²) in [7, 11) is 1.59. The molecule has 0 fully saturated rings. The lowest BCUT2D eigenvalue weighted by molar-refractivity contribution is -0.112. The van der Waals surface area contributed by atoms with E-state index in [2.05, 4.69) is 5.32 Å². The second kappa shape index (κ2) is 5.10. The Morgan fingerprint density at radius 1 is 1.20 bits per heavy atom. The molecular weight excluding hydrogens is 190 g/mol. The maximum atomic E-state index is 11.2. The van der Waals surface area contributed by atoms with Gasteiger partial charge in [0.25, 0.3) is 5.91 Å². The minimum atomic E-state index is -0.114. The van der Waals surface area contributed by atoms with Gasteiger partial charge in [-0.25, -0.2) is 0 Å². The van der Waals surface area contributed by atoms with Crippen LogP contribution >= 0.6 is 0 Å². The Balaban J connectivity index is 2.81. The summed E-state index contributed by atoms with van der Waals surface area (Å²) < 4.78 is 0.